The van der Waals surface area contributed by atoms with Crippen molar-refractivity contribution in [2.75, 3.05) is 0 Å². The van der Waals surface area contributed by atoms with Gasteiger partial charge in [-0.05, 0) is 15.9 Å². The molecule has 0 saturated heterocycles. The number of aromatic nitrogens is 3. The molecule has 5 nitrogen and oxygen atoms in total. The van der Waals surface area contributed by atoms with Crippen LogP contribution in [0.25, 0.3) is 11.3 Å². The standard InChI is InChI=1S/C8H6BrN3O2S/c1-12-7(8(13)14)6(10-11-12)4-2-15-3-5(4)9/h2-3H,1H3,(H,13,14). The van der Waals surface area contributed by atoms with Gasteiger partial charge in [-0.25, -0.2) is 9.48 Å². The lowest BCUT2D eigenvalue weighted by Crippen LogP contribution is -2.06. The first kappa shape index (κ1) is 10.3. The zero-order chi connectivity index (χ0) is 11.0. The first-order valence-corrected chi connectivity index (χ1v) is 5.70. The number of rotatable bonds is 2. The van der Waals surface area contributed by atoms with E-state index in [4.69, 9.17) is 5.11 Å². The van der Waals surface area contributed by atoms with Gasteiger partial charge in [-0.2, -0.15) is 11.3 Å². The average Bonchev–Trinajstić information content (AvgIpc) is 2.71. The maximum absolute atomic E-state index is 11.0. The van der Waals surface area contributed by atoms with Gasteiger partial charge in [-0.3, -0.25) is 0 Å². The highest BCUT2D eigenvalue weighted by Gasteiger charge is 2.20. The van der Waals surface area contributed by atoms with Gasteiger partial charge < -0.3 is 5.11 Å². The van der Waals surface area contributed by atoms with Crippen molar-refractivity contribution in [3.05, 3.63) is 20.9 Å². The summed E-state index contributed by atoms with van der Waals surface area (Å²) >= 11 is 4.81. The Morgan fingerprint density at radius 2 is 2.33 bits per heavy atom. The van der Waals surface area contributed by atoms with Crippen molar-refractivity contribution in [1.82, 2.24) is 15.0 Å². The van der Waals surface area contributed by atoms with E-state index < -0.39 is 5.97 Å². The van der Waals surface area contributed by atoms with Crippen molar-refractivity contribution < 1.29 is 9.90 Å². The third-order valence-corrected chi connectivity index (χ3v) is 3.60. The molecule has 1 N–H and O–H groups in total. The van der Waals surface area contributed by atoms with Crippen LogP contribution in [0.5, 0.6) is 0 Å². The summed E-state index contributed by atoms with van der Waals surface area (Å²) in [4.78, 5) is 11.0. The number of carboxylic acid groups (broad SMARTS) is 1. The minimum Gasteiger partial charge on any atom is -0.476 e. The second kappa shape index (κ2) is 3.74. The Labute approximate surface area is 97.5 Å². The van der Waals surface area contributed by atoms with Gasteiger partial charge in [0.1, 0.15) is 5.69 Å². The molecule has 78 valence electrons. The van der Waals surface area contributed by atoms with Crippen LogP contribution in [0.3, 0.4) is 0 Å². The summed E-state index contributed by atoms with van der Waals surface area (Å²) in [6, 6.07) is 0. The molecule has 2 aromatic heterocycles. The molecule has 0 bridgehead atoms. The van der Waals surface area contributed by atoms with E-state index in [1.54, 1.807) is 7.05 Å². The van der Waals surface area contributed by atoms with Crippen LogP contribution in [0.15, 0.2) is 15.2 Å². The van der Waals surface area contributed by atoms with E-state index in [9.17, 15) is 4.79 Å². The van der Waals surface area contributed by atoms with Crippen molar-refractivity contribution in [2.45, 2.75) is 0 Å². The minimum atomic E-state index is -1.03. The Bertz CT molecular complexity index is 520. The molecule has 0 aliphatic carbocycles. The molecule has 0 aromatic carbocycles. The van der Waals surface area contributed by atoms with Crippen LogP contribution in [0.2, 0.25) is 0 Å². The number of carbonyl (C=O) groups is 1. The topological polar surface area (TPSA) is 68.0 Å². The largest absolute Gasteiger partial charge is 0.476 e. The number of halogens is 1. The van der Waals surface area contributed by atoms with Crippen molar-refractivity contribution >= 4 is 33.2 Å². The van der Waals surface area contributed by atoms with Crippen LogP contribution in [0, 0.1) is 0 Å². The molecule has 7 heteroatoms. The van der Waals surface area contributed by atoms with Gasteiger partial charge in [0.05, 0.1) is 0 Å². The Balaban J connectivity index is 2.64. The molecule has 0 aliphatic rings. The lowest BCUT2D eigenvalue weighted by atomic mass is 10.2. The highest BCUT2D eigenvalue weighted by molar-refractivity contribution is 9.10. The molecule has 0 atom stereocenters. The molecule has 0 fully saturated rings. The highest BCUT2D eigenvalue weighted by atomic mass is 79.9. The predicted octanol–water partition coefficient (Wildman–Crippen LogP) is 2.00. The fourth-order valence-corrected chi connectivity index (χ4v) is 2.70. The predicted molar refractivity (Wildman–Crippen MR) is 59.0 cm³/mol. The van der Waals surface area contributed by atoms with Crippen LogP contribution >= 0.6 is 27.3 Å². The lowest BCUT2D eigenvalue weighted by Gasteiger charge is -1.97. The van der Waals surface area contributed by atoms with Gasteiger partial charge in [0, 0.05) is 27.8 Å². The van der Waals surface area contributed by atoms with Gasteiger partial charge in [0.15, 0.2) is 5.69 Å². The number of nitrogens with zero attached hydrogens (tertiary/aromatic N) is 3. The summed E-state index contributed by atoms with van der Waals surface area (Å²) in [6.07, 6.45) is 0. The highest BCUT2D eigenvalue weighted by Crippen LogP contribution is 2.31. The Hall–Kier alpha value is -1.21. The zero-order valence-electron chi connectivity index (χ0n) is 7.64. The van der Waals surface area contributed by atoms with Crippen molar-refractivity contribution in [1.29, 1.82) is 0 Å². The third-order valence-electron chi connectivity index (χ3n) is 1.90. The number of aromatic carboxylic acids is 1. The van der Waals surface area contributed by atoms with Gasteiger partial charge in [-0.1, -0.05) is 5.21 Å². The number of aryl methyl sites for hydroxylation is 1. The van der Waals surface area contributed by atoms with Crippen molar-refractivity contribution in [2.24, 2.45) is 7.05 Å². The van der Waals surface area contributed by atoms with Crippen LogP contribution in [0.1, 0.15) is 10.5 Å². The van der Waals surface area contributed by atoms with Gasteiger partial charge in [0.2, 0.25) is 0 Å². The fourth-order valence-electron chi connectivity index (χ4n) is 1.23. The number of thiophene rings is 1. The molecule has 2 heterocycles. The molecule has 0 unspecified atom stereocenters. The molecule has 0 radical (unpaired) electrons. The van der Waals surface area contributed by atoms with Crippen LogP contribution in [-0.4, -0.2) is 26.1 Å². The molecular weight excluding hydrogens is 282 g/mol. The summed E-state index contributed by atoms with van der Waals surface area (Å²) in [6.45, 7) is 0. The van der Waals surface area contributed by atoms with Gasteiger partial charge in [-0.15, -0.1) is 5.10 Å². The second-order valence-corrected chi connectivity index (χ2v) is 4.45. The van der Waals surface area contributed by atoms with E-state index in [-0.39, 0.29) is 5.69 Å². The van der Waals surface area contributed by atoms with E-state index >= 15 is 0 Å². The van der Waals surface area contributed by atoms with Crippen molar-refractivity contribution in [3.8, 4) is 11.3 Å². The minimum absolute atomic E-state index is 0.0918. The Morgan fingerprint density at radius 3 is 2.87 bits per heavy atom. The molecule has 2 aromatic rings. The monoisotopic (exact) mass is 287 g/mol. The average molecular weight is 288 g/mol. The fraction of sp³-hybridized carbons (Fsp3) is 0.125. The summed E-state index contributed by atoms with van der Waals surface area (Å²) in [5, 5.41) is 20.3. The summed E-state index contributed by atoms with van der Waals surface area (Å²) < 4.78 is 2.08. The molecule has 2 rings (SSSR count). The van der Waals surface area contributed by atoms with Gasteiger partial charge >= 0.3 is 5.97 Å². The summed E-state index contributed by atoms with van der Waals surface area (Å²) in [7, 11) is 1.56. The SMILES string of the molecule is Cn1nnc(-c2cscc2Br)c1C(=O)O. The maximum Gasteiger partial charge on any atom is 0.356 e. The molecular formula is C8H6BrN3O2S. The van der Waals surface area contributed by atoms with Crippen LogP contribution < -0.4 is 0 Å². The molecule has 0 spiro atoms. The third kappa shape index (κ3) is 1.68. The number of hydrogen-bond donors (Lipinski definition) is 1. The Kier molecular flexibility index (Phi) is 2.57. The molecule has 15 heavy (non-hydrogen) atoms. The van der Waals surface area contributed by atoms with E-state index in [2.05, 4.69) is 26.2 Å². The second-order valence-electron chi connectivity index (χ2n) is 2.85. The zero-order valence-corrected chi connectivity index (χ0v) is 10.0. The summed E-state index contributed by atoms with van der Waals surface area (Å²) in [5.41, 5.74) is 1.23. The Morgan fingerprint density at radius 1 is 1.60 bits per heavy atom. The summed E-state index contributed by atoms with van der Waals surface area (Å²) in [5.74, 6) is -1.03. The quantitative estimate of drug-likeness (QED) is 0.917. The van der Waals surface area contributed by atoms with E-state index in [0.29, 0.717) is 5.69 Å². The van der Waals surface area contributed by atoms with E-state index in [1.165, 1.54) is 16.0 Å². The maximum atomic E-state index is 11.0. The van der Waals surface area contributed by atoms with Crippen LogP contribution in [0.4, 0.5) is 0 Å². The lowest BCUT2D eigenvalue weighted by molar-refractivity contribution is 0.0686. The molecule has 0 amide bonds. The first-order valence-electron chi connectivity index (χ1n) is 3.96. The van der Waals surface area contributed by atoms with Gasteiger partial charge in [0.25, 0.3) is 0 Å². The first-order chi connectivity index (χ1) is 7.11. The number of carboxylic acids is 1. The van der Waals surface area contributed by atoms with E-state index in [1.807, 2.05) is 10.8 Å². The van der Waals surface area contributed by atoms with Crippen molar-refractivity contribution in [3.63, 3.8) is 0 Å². The molecule has 0 saturated carbocycles. The van der Waals surface area contributed by atoms with E-state index in [0.717, 1.165) is 10.0 Å². The molecule has 0 aliphatic heterocycles. The normalized spacial score (nSPS) is 10.5. The number of hydrogen-bond acceptors (Lipinski definition) is 4. The smallest absolute Gasteiger partial charge is 0.356 e. The van der Waals surface area contributed by atoms with Crippen LogP contribution in [-0.2, 0) is 7.05 Å².